The number of rotatable bonds is 10. The van der Waals surface area contributed by atoms with Crippen molar-refractivity contribution in [2.24, 2.45) is 5.92 Å². The molecular formula is C68H66IrN2SSi-2. The van der Waals surface area contributed by atoms with Gasteiger partial charge in [0.05, 0.1) is 31.9 Å². The van der Waals surface area contributed by atoms with E-state index >= 15 is 0 Å². The average molecular weight is 1160 g/mol. The van der Waals surface area contributed by atoms with Crippen LogP contribution in [0.3, 0.4) is 0 Å². The molecule has 1 saturated carbocycles. The predicted molar refractivity (Wildman–Crippen MR) is 311 cm³/mol. The Labute approximate surface area is 453 Å². The van der Waals surface area contributed by atoms with E-state index in [0.29, 0.717) is 0 Å². The van der Waals surface area contributed by atoms with Gasteiger partial charge in [0, 0.05) is 44.8 Å². The van der Waals surface area contributed by atoms with Gasteiger partial charge in [-0.15, -0.1) is 40.7 Å². The largest absolute Gasteiger partial charge is 0.343 e. The molecule has 1 radical (unpaired) electrons. The maximum absolute atomic E-state index is 4.47. The fraction of sp³-hybridized carbons (Fsp3) is 0.176. The van der Waals surface area contributed by atoms with E-state index in [0.717, 1.165) is 28.3 Å². The van der Waals surface area contributed by atoms with Gasteiger partial charge in [0.15, 0.2) is 0 Å². The van der Waals surface area contributed by atoms with Crippen molar-refractivity contribution in [2.75, 3.05) is 0 Å². The zero-order chi connectivity index (χ0) is 49.9. The number of thiophene rings is 1. The molecule has 1 unspecified atom stereocenters. The van der Waals surface area contributed by atoms with E-state index in [1.54, 1.807) is 10.8 Å². The standard InChI is InChI=1S/C39H30NS.C29H36NSi.Ir/c1-26-22-38-36(25-35(26)37-23-30(20-21-40(37)3)27(2)28-12-6-4-7-13-28)34-19-18-31(24-39(34)41-38)33-17-11-10-16-32(33)29-14-8-5-9-15-29;1-22-18-25(24-14-10-7-11-15-24)16-17-27(22)28-20-26(19-23-12-8-6-9-13-23)29(21-30(28)2)31(3,4)5;/h4-25,27H,1,3H2,2H3;7,10-11,14-18,20-21,23H,1-2,6,8-9,12-13,19H2,3-5H3;/q2*-1;. The number of nitrogens with zero attached hydrogens (tertiary/aromatic N) is 2. The number of hydrogen-bond donors (Lipinski definition) is 0. The second-order valence-electron chi connectivity index (χ2n) is 20.9. The zero-order valence-corrected chi connectivity index (χ0v) is 47.0. The van der Waals surface area contributed by atoms with E-state index in [9.17, 15) is 0 Å². The van der Waals surface area contributed by atoms with Gasteiger partial charge in [-0.2, -0.15) is 31.0 Å². The van der Waals surface area contributed by atoms with Crippen LogP contribution in [0.15, 0.2) is 194 Å². The first-order chi connectivity index (χ1) is 34.9. The summed E-state index contributed by atoms with van der Waals surface area (Å²) in [5, 5.41) is 4.09. The molecule has 0 spiro atoms. The molecule has 73 heavy (non-hydrogen) atoms. The molecule has 0 N–H and O–H groups in total. The maximum Gasteiger partial charge on any atom is 0.0709 e. The third-order valence-electron chi connectivity index (χ3n) is 14.9. The molecule has 0 saturated heterocycles. The Kier molecular flexibility index (Phi) is 15.6. The molecule has 1 fully saturated rings. The Morgan fingerprint density at radius 2 is 1.11 bits per heavy atom. The topological polar surface area (TPSA) is 7.76 Å². The number of hydrogen-bond acceptors (Lipinski definition) is 1. The molecule has 3 heterocycles. The quantitative estimate of drug-likeness (QED) is 0.0732. The summed E-state index contributed by atoms with van der Waals surface area (Å²) in [5.41, 5.74) is 18.2. The molecular weight excluding hydrogens is 1100 g/mol. The van der Waals surface area contributed by atoms with Crippen molar-refractivity contribution < 1.29 is 29.2 Å². The van der Waals surface area contributed by atoms with E-state index in [2.05, 4.69) is 253 Å². The molecule has 7 aromatic carbocycles. The fourth-order valence-electron chi connectivity index (χ4n) is 10.9. The van der Waals surface area contributed by atoms with Crippen molar-refractivity contribution in [1.29, 1.82) is 0 Å². The average Bonchev–Trinajstić information content (AvgIpc) is 3.76. The number of aromatic nitrogens is 2. The zero-order valence-electron chi connectivity index (χ0n) is 42.8. The van der Waals surface area contributed by atoms with Crippen LogP contribution in [0.1, 0.15) is 72.8 Å². The van der Waals surface area contributed by atoms with Gasteiger partial charge in [0.1, 0.15) is 0 Å². The van der Waals surface area contributed by atoms with Crippen LogP contribution in [0, 0.1) is 33.9 Å². The van der Waals surface area contributed by atoms with Crippen LogP contribution in [0.4, 0.5) is 0 Å². The summed E-state index contributed by atoms with van der Waals surface area (Å²) in [6, 6.07) is 65.4. The van der Waals surface area contributed by atoms with Crippen molar-refractivity contribution >= 4 is 44.8 Å². The summed E-state index contributed by atoms with van der Waals surface area (Å²) >= 11 is 1.84. The molecule has 0 bridgehead atoms. The minimum atomic E-state index is -1.46. The van der Waals surface area contributed by atoms with Crippen molar-refractivity contribution in [2.45, 2.75) is 71.0 Å². The van der Waals surface area contributed by atoms with Crippen LogP contribution >= 0.6 is 11.3 Å². The Bertz CT molecular complexity index is 3510. The van der Waals surface area contributed by atoms with Crippen LogP contribution in [-0.4, -0.2) is 8.07 Å². The number of pyridine rings is 2. The van der Waals surface area contributed by atoms with Gasteiger partial charge in [-0.1, -0.05) is 227 Å². The fourth-order valence-corrected chi connectivity index (χ4v) is 13.8. The molecule has 0 aliphatic heterocycles. The van der Waals surface area contributed by atoms with Crippen molar-refractivity contribution in [1.82, 2.24) is 0 Å². The first-order valence-electron chi connectivity index (χ1n) is 25.7. The van der Waals surface area contributed by atoms with Crippen molar-refractivity contribution in [3.8, 4) is 55.9 Å². The summed E-state index contributed by atoms with van der Waals surface area (Å²) in [4.78, 5) is 0. The van der Waals surface area contributed by atoms with Gasteiger partial charge in [-0.05, 0) is 72.4 Å². The second-order valence-corrected chi connectivity index (χ2v) is 27.1. The van der Waals surface area contributed by atoms with Gasteiger partial charge in [0.2, 0.25) is 0 Å². The van der Waals surface area contributed by atoms with Crippen LogP contribution in [0.5, 0.6) is 0 Å². The summed E-state index contributed by atoms with van der Waals surface area (Å²) < 4.78 is 6.59. The Hall–Kier alpha value is -6.59. The summed E-state index contributed by atoms with van der Waals surface area (Å²) in [7, 11) is 7.24. The maximum atomic E-state index is 4.47. The third-order valence-corrected chi connectivity index (χ3v) is 18.1. The Morgan fingerprint density at radius 1 is 0.521 bits per heavy atom. The van der Waals surface area contributed by atoms with Crippen molar-refractivity contribution in [3.05, 3.63) is 250 Å². The van der Waals surface area contributed by atoms with Crippen LogP contribution in [0.2, 0.25) is 19.6 Å². The molecule has 1 aliphatic carbocycles. The molecule has 0 amide bonds. The summed E-state index contributed by atoms with van der Waals surface area (Å²) in [6.07, 6.45) is 12.6. The second kappa shape index (κ2) is 22.3. The van der Waals surface area contributed by atoms with Crippen LogP contribution in [0.25, 0.3) is 76.1 Å². The van der Waals surface area contributed by atoms with E-state index in [1.165, 1.54) is 114 Å². The monoisotopic (exact) mass is 1160 g/mol. The summed E-state index contributed by atoms with van der Waals surface area (Å²) in [5.74, 6) is 1.12. The molecule has 2 nitrogen and oxygen atoms in total. The number of fused-ring (bicyclic) bond motifs is 3. The predicted octanol–water partition coefficient (Wildman–Crippen LogP) is 17.1. The minimum Gasteiger partial charge on any atom is -0.343 e. The molecule has 1 atom stereocenters. The molecule has 10 aromatic rings. The van der Waals surface area contributed by atoms with Crippen LogP contribution in [-0.2, 0) is 26.5 Å². The third kappa shape index (κ3) is 11.2. The Balaban J connectivity index is 0.000000185. The molecule has 5 heteroatoms. The molecule has 369 valence electrons. The van der Waals surface area contributed by atoms with Gasteiger partial charge < -0.3 is 9.13 Å². The van der Waals surface area contributed by atoms with Gasteiger partial charge in [-0.3, -0.25) is 0 Å². The smallest absolute Gasteiger partial charge is 0.0709 e. The molecule has 11 rings (SSSR count). The normalized spacial score (nSPS) is 13.3. The first kappa shape index (κ1) is 51.3. The van der Waals surface area contributed by atoms with E-state index < -0.39 is 8.07 Å². The summed E-state index contributed by atoms with van der Waals surface area (Å²) in [6.45, 7) is 18.5. The number of benzene rings is 7. The van der Waals surface area contributed by atoms with Gasteiger partial charge >= 0.3 is 0 Å². The Morgan fingerprint density at radius 3 is 1.78 bits per heavy atom. The molecule has 3 aromatic heterocycles. The minimum absolute atomic E-state index is 0. The van der Waals surface area contributed by atoms with Gasteiger partial charge in [-0.25, -0.2) is 0 Å². The SMILES string of the molecule is [CH2-]c1cc(-c2ccccc2)ccc1-c1cc(CC2CCCCC2)c([Si](C)(C)C)c[n+]1[CH2-].[CH2-]c1cc2sc3cc(-c4ccccc4-c4ccccc4)ccc3c2cc1-c1cc(C(C)c2ccccc2)cc[n+]1[CH2-].[Ir]. The molecule has 1 aliphatic rings. The first-order valence-corrected chi connectivity index (χ1v) is 30.0. The van der Waals surface area contributed by atoms with E-state index in [-0.39, 0.29) is 26.0 Å². The van der Waals surface area contributed by atoms with E-state index in [1.807, 2.05) is 15.9 Å². The van der Waals surface area contributed by atoms with Crippen molar-refractivity contribution in [3.63, 3.8) is 0 Å². The van der Waals surface area contributed by atoms with E-state index in [4.69, 9.17) is 0 Å². The van der Waals surface area contributed by atoms with Crippen LogP contribution < -0.4 is 14.3 Å². The van der Waals surface area contributed by atoms with Gasteiger partial charge in [0.25, 0.3) is 0 Å².